The summed E-state index contributed by atoms with van der Waals surface area (Å²) in [6.45, 7) is 5.64. The van der Waals surface area contributed by atoms with E-state index in [4.69, 9.17) is 4.98 Å². The first kappa shape index (κ1) is 21.6. The van der Waals surface area contributed by atoms with Gasteiger partial charge < -0.3 is 4.57 Å². The molecule has 0 radical (unpaired) electrons. The van der Waals surface area contributed by atoms with Crippen LogP contribution < -0.4 is 0 Å². The Kier molecular flexibility index (Phi) is 4.68. The van der Waals surface area contributed by atoms with E-state index in [1.165, 1.54) is 4.68 Å². The monoisotopic (exact) mass is 472 g/mol. The number of fused-ring (bicyclic) bond motifs is 4. The quantitative estimate of drug-likeness (QED) is 0.280. The minimum absolute atomic E-state index is 0.0817. The van der Waals surface area contributed by atoms with Crippen LogP contribution in [-0.2, 0) is 19.0 Å². The average molecular weight is 473 g/mol. The number of benzene rings is 2. The molecule has 176 valence electrons. The van der Waals surface area contributed by atoms with Gasteiger partial charge in [-0.15, -0.1) is 0 Å². The molecule has 0 fully saturated rings. The smallest absolute Gasteiger partial charge is 0.318 e. The van der Waals surface area contributed by atoms with E-state index in [1.807, 2.05) is 74.5 Å². The molecule has 0 saturated heterocycles. The zero-order chi connectivity index (χ0) is 24.5. The van der Waals surface area contributed by atoms with Gasteiger partial charge in [0.2, 0.25) is 0 Å². The van der Waals surface area contributed by atoms with Gasteiger partial charge in [-0.2, -0.15) is 18.3 Å². The van der Waals surface area contributed by atoms with Gasteiger partial charge in [0.25, 0.3) is 0 Å². The Hall–Kier alpha value is -3.87. The molecule has 2 aromatic carbocycles. The number of nitrogens with zero attached hydrogens (tertiary/aromatic N) is 4. The van der Waals surface area contributed by atoms with Crippen LogP contribution in [0.5, 0.6) is 0 Å². The SMILES string of the molecule is Cc1ccc(-n2c(C)cc3c2CCc2c-3nc3c(c(C)nn3-c3ccccc3)c2C(F)(F)F)cc1. The summed E-state index contributed by atoms with van der Waals surface area (Å²) in [5.41, 5.74) is 6.15. The number of hydrogen-bond acceptors (Lipinski definition) is 2. The summed E-state index contributed by atoms with van der Waals surface area (Å²) in [6.07, 6.45) is -3.75. The lowest BCUT2D eigenvalue weighted by molar-refractivity contribution is -0.136. The van der Waals surface area contributed by atoms with Crippen molar-refractivity contribution in [2.45, 2.75) is 39.8 Å². The molecule has 0 atom stereocenters. The summed E-state index contributed by atoms with van der Waals surface area (Å²) in [7, 11) is 0. The van der Waals surface area contributed by atoms with Crippen molar-refractivity contribution in [2.75, 3.05) is 0 Å². The molecule has 1 aliphatic carbocycles. The first-order chi connectivity index (χ1) is 16.7. The minimum Gasteiger partial charge on any atom is -0.318 e. The summed E-state index contributed by atoms with van der Waals surface area (Å²) in [4.78, 5) is 4.88. The number of aryl methyl sites for hydroxylation is 3. The zero-order valence-corrected chi connectivity index (χ0v) is 19.6. The molecule has 0 saturated carbocycles. The van der Waals surface area contributed by atoms with E-state index in [0.29, 0.717) is 23.5 Å². The molecule has 0 aliphatic heterocycles. The van der Waals surface area contributed by atoms with Gasteiger partial charge in [0.15, 0.2) is 5.65 Å². The number of para-hydroxylation sites is 1. The second-order valence-corrected chi connectivity index (χ2v) is 9.16. The molecule has 3 aromatic heterocycles. The normalized spacial score (nSPS) is 13.2. The Morgan fingerprint density at radius 3 is 2.26 bits per heavy atom. The number of hydrogen-bond donors (Lipinski definition) is 0. The maximum absolute atomic E-state index is 14.6. The first-order valence-electron chi connectivity index (χ1n) is 11.6. The molecule has 5 aromatic rings. The third-order valence-electron chi connectivity index (χ3n) is 6.82. The lowest BCUT2D eigenvalue weighted by Gasteiger charge is -2.23. The molecule has 0 N–H and O–H groups in total. The molecule has 6 rings (SSSR count). The second kappa shape index (κ2) is 7.57. The van der Waals surface area contributed by atoms with Gasteiger partial charge in [-0.1, -0.05) is 35.9 Å². The van der Waals surface area contributed by atoms with Crippen LogP contribution in [0.3, 0.4) is 0 Å². The van der Waals surface area contributed by atoms with Gasteiger partial charge >= 0.3 is 6.18 Å². The lowest BCUT2D eigenvalue weighted by Crippen LogP contribution is -2.17. The molecule has 0 amide bonds. The highest BCUT2D eigenvalue weighted by Crippen LogP contribution is 2.46. The molecule has 0 bridgehead atoms. The van der Waals surface area contributed by atoms with E-state index in [-0.39, 0.29) is 23.0 Å². The third-order valence-corrected chi connectivity index (χ3v) is 6.82. The topological polar surface area (TPSA) is 35.6 Å². The van der Waals surface area contributed by atoms with Crippen molar-refractivity contribution in [2.24, 2.45) is 0 Å². The van der Waals surface area contributed by atoms with Crippen LogP contribution in [0.15, 0.2) is 60.7 Å². The summed E-state index contributed by atoms with van der Waals surface area (Å²) in [5, 5.41) is 4.57. The Balaban J connectivity index is 1.67. The van der Waals surface area contributed by atoms with Crippen LogP contribution in [0, 0.1) is 20.8 Å². The van der Waals surface area contributed by atoms with Crippen molar-refractivity contribution in [3.8, 4) is 22.6 Å². The van der Waals surface area contributed by atoms with Crippen molar-refractivity contribution in [3.05, 3.63) is 94.4 Å². The summed E-state index contributed by atoms with van der Waals surface area (Å²) in [6, 6.07) is 19.3. The van der Waals surface area contributed by atoms with Crippen molar-refractivity contribution in [3.63, 3.8) is 0 Å². The minimum atomic E-state index is -4.52. The molecule has 1 aliphatic rings. The third kappa shape index (κ3) is 3.29. The van der Waals surface area contributed by atoms with Gasteiger partial charge in [0, 0.05) is 22.6 Å². The maximum Gasteiger partial charge on any atom is 0.417 e. The van der Waals surface area contributed by atoms with Crippen LogP contribution in [0.25, 0.3) is 33.7 Å². The lowest BCUT2D eigenvalue weighted by atomic mass is 9.88. The van der Waals surface area contributed by atoms with Crippen molar-refractivity contribution in [1.82, 2.24) is 19.3 Å². The highest BCUT2D eigenvalue weighted by atomic mass is 19.4. The van der Waals surface area contributed by atoms with Crippen molar-refractivity contribution < 1.29 is 13.2 Å². The predicted octanol–water partition coefficient (Wildman–Crippen LogP) is 6.92. The van der Waals surface area contributed by atoms with Gasteiger partial charge in [-0.25, -0.2) is 9.67 Å². The first-order valence-corrected chi connectivity index (χ1v) is 11.6. The number of rotatable bonds is 2. The second-order valence-electron chi connectivity index (χ2n) is 9.16. The summed E-state index contributed by atoms with van der Waals surface area (Å²) in [5.74, 6) is 0. The van der Waals surface area contributed by atoms with Gasteiger partial charge in [-0.05, 0) is 69.5 Å². The largest absolute Gasteiger partial charge is 0.417 e. The molecular weight excluding hydrogens is 449 g/mol. The van der Waals surface area contributed by atoms with Crippen molar-refractivity contribution in [1.29, 1.82) is 0 Å². The Labute approximate surface area is 200 Å². The van der Waals surface area contributed by atoms with Crippen LogP contribution in [-0.4, -0.2) is 19.3 Å². The Morgan fingerprint density at radius 2 is 1.57 bits per heavy atom. The summed E-state index contributed by atoms with van der Waals surface area (Å²) < 4.78 is 47.4. The number of alkyl halides is 3. The fourth-order valence-corrected chi connectivity index (χ4v) is 5.32. The molecule has 4 nitrogen and oxygen atoms in total. The van der Waals surface area contributed by atoms with E-state index in [0.717, 1.165) is 28.2 Å². The number of halogens is 3. The molecule has 0 spiro atoms. The molecule has 7 heteroatoms. The summed E-state index contributed by atoms with van der Waals surface area (Å²) >= 11 is 0. The van der Waals surface area contributed by atoms with Crippen LogP contribution in [0.1, 0.15) is 33.8 Å². The van der Waals surface area contributed by atoms with Crippen LogP contribution >= 0.6 is 0 Å². The number of pyridine rings is 1. The molecule has 35 heavy (non-hydrogen) atoms. The Morgan fingerprint density at radius 1 is 0.857 bits per heavy atom. The van der Waals surface area contributed by atoms with Crippen molar-refractivity contribution >= 4 is 11.0 Å². The van der Waals surface area contributed by atoms with E-state index >= 15 is 0 Å². The standard InChI is InChI=1S/C28H23F3N4/c1-16-9-11-19(12-10-16)34-17(2)15-22-23(34)14-13-21-25(28(29,30)31)24-18(3)33-35(27(24)32-26(21)22)20-7-5-4-6-8-20/h4-12,15H,13-14H2,1-3H3. The van der Waals surface area contributed by atoms with E-state index in [1.54, 1.807) is 6.92 Å². The molecular formula is C28H23F3N4. The molecule has 3 heterocycles. The Bertz CT molecular complexity index is 1590. The van der Waals surface area contributed by atoms with Gasteiger partial charge in [0.05, 0.1) is 28.0 Å². The van der Waals surface area contributed by atoms with Gasteiger partial charge in [-0.3, -0.25) is 0 Å². The van der Waals surface area contributed by atoms with Gasteiger partial charge in [0.1, 0.15) is 0 Å². The van der Waals surface area contributed by atoms with E-state index < -0.39 is 11.7 Å². The fraction of sp³-hybridized carbons (Fsp3) is 0.214. The maximum atomic E-state index is 14.6. The highest BCUT2D eigenvalue weighted by Gasteiger charge is 2.41. The van der Waals surface area contributed by atoms with Crippen LogP contribution in [0.2, 0.25) is 0 Å². The number of aromatic nitrogens is 4. The zero-order valence-electron chi connectivity index (χ0n) is 19.6. The fourth-order valence-electron chi connectivity index (χ4n) is 5.32. The van der Waals surface area contributed by atoms with Crippen LogP contribution in [0.4, 0.5) is 13.2 Å². The van der Waals surface area contributed by atoms with E-state index in [2.05, 4.69) is 9.67 Å². The highest BCUT2D eigenvalue weighted by molar-refractivity contribution is 5.90. The predicted molar refractivity (Wildman–Crippen MR) is 130 cm³/mol. The van der Waals surface area contributed by atoms with E-state index in [9.17, 15) is 13.2 Å². The molecule has 0 unspecified atom stereocenters. The average Bonchev–Trinajstić information content (AvgIpc) is 3.34.